The molecule has 1 aromatic carbocycles. The van der Waals surface area contributed by atoms with Gasteiger partial charge in [0.15, 0.2) is 0 Å². The lowest BCUT2D eigenvalue weighted by molar-refractivity contribution is -0.169. The van der Waals surface area contributed by atoms with Crippen LogP contribution in [-0.4, -0.2) is 40.2 Å². The van der Waals surface area contributed by atoms with E-state index in [9.17, 15) is 18.8 Å². The zero-order valence-corrected chi connectivity index (χ0v) is 16.5. The first-order chi connectivity index (χ1) is 13.8. The number of carboxylic acid groups (broad SMARTS) is 1. The van der Waals surface area contributed by atoms with Crippen molar-refractivity contribution < 1.29 is 28.7 Å². The highest BCUT2D eigenvalue weighted by atomic mass is 35.5. The standard InChI is InChI=1S/C20H22ClFN2O5/c21-14-10-17-12(9-15(14)22)8-11-2-1-3-16(11)23(17)20(28)29-24(13-4-5-13)18(25)6-7-19(26)27/h9-11,13,16H,1-8H2,(H,26,27)/t11-,16-/m1/s1. The quantitative estimate of drug-likeness (QED) is 0.740. The van der Waals surface area contributed by atoms with Crippen molar-refractivity contribution in [2.45, 2.75) is 63.5 Å². The first kappa shape index (κ1) is 19.9. The number of carbonyl (C=O) groups is 3. The molecule has 1 aromatic rings. The van der Waals surface area contributed by atoms with Crippen molar-refractivity contribution in [3.63, 3.8) is 0 Å². The molecule has 0 aromatic heterocycles. The minimum absolute atomic E-state index is 0.0745. The van der Waals surface area contributed by atoms with Crippen LogP contribution in [0.5, 0.6) is 0 Å². The Kier molecular flexibility index (Phi) is 5.38. The lowest BCUT2D eigenvalue weighted by Crippen LogP contribution is -2.49. The first-order valence-electron chi connectivity index (χ1n) is 9.88. The number of halogens is 2. The van der Waals surface area contributed by atoms with Crippen LogP contribution in [-0.2, 0) is 20.8 Å². The fourth-order valence-electron chi connectivity index (χ4n) is 4.35. The summed E-state index contributed by atoms with van der Waals surface area (Å²) >= 11 is 5.97. The van der Waals surface area contributed by atoms with Gasteiger partial charge >= 0.3 is 12.1 Å². The van der Waals surface area contributed by atoms with Gasteiger partial charge in [-0.2, -0.15) is 5.06 Å². The second-order valence-electron chi connectivity index (χ2n) is 7.93. The second-order valence-corrected chi connectivity index (χ2v) is 8.34. The van der Waals surface area contributed by atoms with Gasteiger partial charge in [-0.3, -0.25) is 14.5 Å². The van der Waals surface area contributed by atoms with Gasteiger partial charge in [-0.25, -0.2) is 9.18 Å². The molecule has 7 nitrogen and oxygen atoms in total. The Hall–Kier alpha value is -2.35. The third-order valence-electron chi connectivity index (χ3n) is 5.86. The van der Waals surface area contributed by atoms with Crippen LogP contribution in [0.2, 0.25) is 5.02 Å². The zero-order valence-electron chi connectivity index (χ0n) is 15.8. The minimum Gasteiger partial charge on any atom is -0.481 e. The summed E-state index contributed by atoms with van der Waals surface area (Å²) in [5.74, 6) is -1.94. The van der Waals surface area contributed by atoms with Crippen molar-refractivity contribution in [1.29, 1.82) is 0 Å². The van der Waals surface area contributed by atoms with E-state index < -0.39 is 23.8 Å². The Labute approximate surface area is 172 Å². The monoisotopic (exact) mass is 424 g/mol. The number of hydrogen-bond acceptors (Lipinski definition) is 4. The number of carboxylic acids is 1. The number of aliphatic carboxylic acids is 1. The number of amides is 2. The molecule has 1 N–H and O–H groups in total. The van der Waals surface area contributed by atoms with Crippen molar-refractivity contribution in [2.24, 2.45) is 5.92 Å². The van der Waals surface area contributed by atoms with E-state index in [1.54, 1.807) is 0 Å². The van der Waals surface area contributed by atoms with Gasteiger partial charge in [0, 0.05) is 12.5 Å². The van der Waals surface area contributed by atoms with Crippen molar-refractivity contribution in [3.8, 4) is 0 Å². The Bertz CT molecular complexity index is 860. The topological polar surface area (TPSA) is 87.1 Å². The summed E-state index contributed by atoms with van der Waals surface area (Å²) in [5, 5.41) is 9.76. The number of hydrogen-bond donors (Lipinski definition) is 1. The molecule has 4 rings (SSSR count). The van der Waals surface area contributed by atoms with Crippen LogP contribution in [0.25, 0.3) is 0 Å². The molecular weight excluding hydrogens is 403 g/mol. The van der Waals surface area contributed by atoms with Crippen LogP contribution in [0.3, 0.4) is 0 Å². The van der Waals surface area contributed by atoms with Crippen LogP contribution in [0, 0.1) is 11.7 Å². The maximum atomic E-state index is 14.0. The van der Waals surface area contributed by atoms with Crippen LogP contribution in [0.1, 0.15) is 50.5 Å². The highest BCUT2D eigenvalue weighted by molar-refractivity contribution is 6.31. The Morgan fingerprint density at radius 3 is 2.66 bits per heavy atom. The van der Waals surface area contributed by atoms with E-state index in [0.29, 0.717) is 30.5 Å². The van der Waals surface area contributed by atoms with Gasteiger partial charge in [-0.15, -0.1) is 0 Å². The number of nitrogens with zero attached hydrogens (tertiary/aromatic N) is 2. The van der Waals surface area contributed by atoms with E-state index in [0.717, 1.165) is 24.3 Å². The molecule has 2 amide bonds. The van der Waals surface area contributed by atoms with Gasteiger partial charge in [-0.05, 0) is 55.7 Å². The molecule has 2 aliphatic carbocycles. The van der Waals surface area contributed by atoms with E-state index in [-0.39, 0.29) is 35.9 Å². The summed E-state index contributed by atoms with van der Waals surface area (Å²) in [7, 11) is 0. The number of carbonyl (C=O) groups excluding carboxylic acids is 2. The lowest BCUT2D eigenvalue weighted by atomic mass is 9.88. The molecule has 0 radical (unpaired) electrons. The minimum atomic E-state index is -1.09. The third kappa shape index (κ3) is 4.03. The van der Waals surface area contributed by atoms with Gasteiger partial charge in [0.25, 0.3) is 5.91 Å². The van der Waals surface area contributed by atoms with E-state index in [1.807, 2.05) is 0 Å². The van der Waals surface area contributed by atoms with E-state index >= 15 is 0 Å². The SMILES string of the molecule is O=C(O)CCC(=O)N(OC(=O)N1c2cc(Cl)c(F)cc2C[C@H]2CCC[C@H]21)C1CC1. The molecule has 2 atom stereocenters. The summed E-state index contributed by atoms with van der Waals surface area (Å²) in [6, 6.07) is 2.49. The highest BCUT2D eigenvalue weighted by Gasteiger charge is 2.44. The highest BCUT2D eigenvalue weighted by Crippen LogP contribution is 2.44. The molecule has 0 bridgehead atoms. The molecule has 29 heavy (non-hydrogen) atoms. The molecule has 1 heterocycles. The number of anilines is 1. The number of fused-ring (bicyclic) bond motifs is 2. The number of benzene rings is 1. The van der Waals surface area contributed by atoms with Crippen molar-refractivity contribution in [2.75, 3.05) is 4.90 Å². The summed E-state index contributed by atoms with van der Waals surface area (Å²) in [6.45, 7) is 0. The van der Waals surface area contributed by atoms with E-state index in [1.165, 1.54) is 17.0 Å². The second kappa shape index (κ2) is 7.82. The Morgan fingerprint density at radius 1 is 1.21 bits per heavy atom. The predicted octanol–water partition coefficient (Wildman–Crippen LogP) is 3.92. The summed E-state index contributed by atoms with van der Waals surface area (Å²) < 4.78 is 14.0. The first-order valence-corrected chi connectivity index (χ1v) is 10.3. The molecule has 156 valence electrons. The predicted molar refractivity (Wildman–Crippen MR) is 102 cm³/mol. The van der Waals surface area contributed by atoms with Crippen molar-refractivity contribution >= 4 is 35.3 Å². The van der Waals surface area contributed by atoms with Crippen LogP contribution < -0.4 is 4.90 Å². The molecule has 3 aliphatic rings. The molecule has 0 spiro atoms. The molecular formula is C20H22ClFN2O5. The lowest BCUT2D eigenvalue weighted by Gasteiger charge is -2.39. The number of hydroxylamine groups is 2. The van der Waals surface area contributed by atoms with Gasteiger partial charge < -0.3 is 9.94 Å². The van der Waals surface area contributed by atoms with E-state index in [4.69, 9.17) is 21.5 Å². The van der Waals surface area contributed by atoms with Gasteiger partial charge in [0.2, 0.25) is 0 Å². The Morgan fingerprint density at radius 2 is 1.97 bits per heavy atom. The van der Waals surface area contributed by atoms with Crippen molar-refractivity contribution in [3.05, 3.63) is 28.5 Å². The van der Waals surface area contributed by atoms with Gasteiger partial charge in [0.1, 0.15) is 5.82 Å². The molecule has 2 saturated carbocycles. The average molecular weight is 425 g/mol. The molecule has 1 aliphatic heterocycles. The van der Waals surface area contributed by atoms with Crippen LogP contribution in [0.15, 0.2) is 12.1 Å². The molecule has 2 fully saturated rings. The fraction of sp³-hybridized carbons (Fsp3) is 0.550. The molecule has 0 saturated heterocycles. The number of rotatable bonds is 4. The summed E-state index contributed by atoms with van der Waals surface area (Å²) in [5.41, 5.74) is 1.21. The fourth-order valence-corrected chi connectivity index (χ4v) is 4.50. The maximum absolute atomic E-state index is 14.0. The van der Waals surface area contributed by atoms with Crippen LogP contribution >= 0.6 is 11.6 Å². The zero-order chi connectivity index (χ0) is 20.7. The smallest absolute Gasteiger partial charge is 0.439 e. The van der Waals surface area contributed by atoms with Gasteiger partial charge in [0.05, 0.1) is 23.2 Å². The summed E-state index contributed by atoms with van der Waals surface area (Å²) in [6.07, 6.45) is 3.48. The largest absolute Gasteiger partial charge is 0.481 e. The Balaban J connectivity index is 1.58. The average Bonchev–Trinajstić information content (AvgIpc) is 3.41. The van der Waals surface area contributed by atoms with Crippen LogP contribution in [0.4, 0.5) is 14.9 Å². The van der Waals surface area contributed by atoms with Crippen molar-refractivity contribution in [1.82, 2.24) is 5.06 Å². The maximum Gasteiger partial charge on any atom is 0.439 e. The van der Waals surface area contributed by atoms with Gasteiger partial charge in [-0.1, -0.05) is 18.0 Å². The molecule has 0 unspecified atom stereocenters. The van der Waals surface area contributed by atoms with E-state index in [2.05, 4.69) is 0 Å². The summed E-state index contributed by atoms with van der Waals surface area (Å²) in [4.78, 5) is 43.3. The normalized spacial score (nSPS) is 22.6. The molecule has 9 heteroatoms. The third-order valence-corrected chi connectivity index (χ3v) is 6.15.